The summed E-state index contributed by atoms with van der Waals surface area (Å²) in [7, 11) is -2.79. The minimum atomic E-state index is -2.79. The summed E-state index contributed by atoms with van der Waals surface area (Å²) in [6.45, 7) is 4.65. The summed E-state index contributed by atoms with van der Waals surface area (Å²) in [5.74, 6) is 1.28. The zero-order chi connectivity index (χ0) is 11.6. The van der Waals surface area contributed by atoms with E-state index in [0.717, 1.165) is 39.0 Å². The van der Waals surface area contributed by atoms with Crippen molar-refractivity contribution >= 4 is 9.84 Å². The van der Waals surface area contributed by atoms with Gasteiger partial charge in [0.2, 0.25) is 0 Å². The quantitative estimate of drug-likeness (QED) is 0.792. The molecular formula is C11H21NO3S. The summed E-state index contributed by atoms with van der Waals surface area (Å²) >= 11 is 0. The van der Waals surface area contributed by atoms with Gasteiger partial charge in [-0.15, -0.1) is 0 Å². The largest absolute Gasteiger partial charge is 0.381 e. The highest BCUT2D eigenvalue weighted by Crippen LogP contribution is 2.24. The molecule has 0 bridgehead atoms. The minimum Gasteiger partial charge on any atom is -0.381 e. The summed E-state index contributed by atoms with van der Waals surface area (Å²) in [6.07, 6.45) is 2.93. The molecule has 0 aromatic rings. The standard InChI is InChI=1S/C11H21NO3S/c1-11(4-7-16(13,14)9-11)12-8-10-2-5-15-6-3-10/h10,12H,2-9H2,1H3. The van der Waals surface area contributed by atoms with Crippen LogP contribution in [0.25, 0.3) is 0 Å². The van der Waals surface area contributed by atoms with Gasteiger partial charge in [-0.1, -0.05) is 0 Å². The van der Waals surface area contributed by atoms with Gasteiger partial charge in [-0.05, 0) is 38.6 Å². The molecule has 2 heterocycles. The number of ether oxygens (including phenoxy) is 1. The van der Waals surface area contributed by atoms with Gasteiger partial charge in [-0.3, -0.25) is 0 Å². The van der Waals surface area contributed by atoms with Gasteiger partial charge in [0.05, 0.1) is 11.5 Å². The highest BCUT2D eigenvalue weighted by atomic mass is 32.2. The van der Waals surface area contributed by atoms with E-state index in [2.05, 4.69) is 5.32 Å². The van der Waals surface area contributed by atoms with Crippen LogP contribution in [0.1, 0.15) is 26.2 Å². The molecule has 0 radical (unpaired) electrons. The molecule has 0 aliphatic carbocycles. The Morgan fingerprint density at radius 3 is 2.62 bits per heavy atom. The van der Waals surface area contributed by atoms with E-state index in [1.165, 1.54) is 0 Å². The van der Waals surface area contributed by atoms with Crippen molar-refractivity contribution in [2.45, 2.75) is 31.7 Å². The predicted octanol–water partition coefficient (Wildman–Crippen LogP) is 0.580. The molecule has 1 N–H and O–H groups in total. The molecule has 0 amide bonds. The van der Waals surface area contributed by atoms with E-state index in [9.17, 15) is 8.42 Å². The van der Waals surface area contributed by atoms with Crippen LogP contribution in [0.3, 0.4) is 0 Å². The lowest BCUT2D eigenvalue weighted by Crippen LogP contribution is -2.46. The molecule has 1 unspecified atom stereocenters. The lowest BCUT2D eigenvalue weighted by atomic mass is 9.96. The smallest absolute Gasteiger partial charge is 0.152 e. The monoisotopic (exact) mass is 247 g/mol. The van der Waals surface area contributed by atoms with E-state index >= 15 is 0 Å². The molecular weight excluding hydrogens is 226 g/mol. The van der Waals surface area contributed by atoms with Crippen LogP contribution in [0.5, 0.6) is 0 Å². The van der Waals surface area contributed by atoms with E-state index in [1.54, 1.807) is 0 Å². The fraction of sp³-hybridized carbons (Fsp3) is 1.00. The van der Waals surface area contributed by atoms with Gasteiger partial charge >= 0.3 is 0 Å². The van der Waals surface area contributed by atoms with Crippen molar-refractivity contribution < 1.29 is 13.2 Å². The maximum absolute atomic E-state index is 11.4. The molecule has 94 valence electrons. The molecule has 2 saturated heterocycles. The van der Waals surface area contributed by atoms with Crippen LogP contribution in [-0.4, -0.2) is 45.2 Å². The first-order chi connectivity index (χ1) is 7.49. The molecule has 0 aromatic heterocycles. The number of hydrogen-bond acceptors (Lipinski definition) is 4. The third kappa shape index (κ3) is 3.18. The van der Waals surface area contributed by atoms with Crippen LogP contribution in [0, 0.1) is 5.92 Å². The highest BCUT2D eigenvalue weighted by molar-refractivity contribution is 7.91. The molecule has 0 aromatic carbocycles. The Kier molecular flexibility index (Phi) is 3.56. The van der Waals surface area contributed by atoms with Crippen LogP contribution >= 0.6 is 0 Å². The van der Waals surface area contributed by atoms with Crippen LogP contribution in [-0.2, 0) is 14.6 Å². The van der Waals surface area contributed by atoms with Gasteiger partial charge in [0, 0.05) is 18.8 Å². The number of sulfone groups is 1. The summed E-state index contributed by atoms with van der Waals surface area (Å²) in [4.78, 5) is 0. The first kappa shape index (κ1) is 12.3. The zero-order valence-electron chi connectivity index (χ0n) is 9.87. The summed E-state index contributed by atoms with van der Waals surface area (Å²) in [5.41, 5.74) is -0.197. The average molecular weight is 247 g/mol. The normalized spacial score (nSPS) is 35.3. The molecule has 0 spiro atoms. The fourth-order valence-corrected chi connectivity index (χ4v) is 4.61. The third-order valence-electron chi connectivity index (χ3n) is 3.66. The molecule has 2 aliphatic heterocycles. The van der Waals surface area contributed by atoms with E-state index in [1.807, 2.05) is 6.92 Å². The van der Waals surface area contributed by atoms with Crippen molar-refractivity contribution in [3.63, 3.8) is 0 Å². The number of nitrogens with one attached hydrogen (secondary N) is 1. The molecule has 0 saturated carbocycles. The van der Waals surface area contributed by atoms with Crippen LogP contribution in [0.4, 0.5) is 0 Å². The SMILES string of the molecule is CC1(NCC2CCOCC2)CCS(=O)(=O)C1. The van der Waals surface area contributed by atoms with Gasteiger partial charge in [-0.25, -0.2) is 8.42 Å². The second-order valence-corrected chi connectivity index (χ2v) is 7.52. The molecule has 2 aliphatic rings. The van der Waals surface area contributed by atoms with E-state index in [4.69, 9.17) is 4.74 Å². The first-order valence-corrected chi connectivity index (χ1v) is 7.84. The third-order valence-corrected chi connectivity index (χ3v) is 5.56. The average Bonchev–Trinajstić information content (AvgIpc) is 2.53. The van der Waals surface area contributed by atoms with Crippen molar-refractivity contribution in [1.82, 2.24) is 5.32 Å². The van der Waals surface area contributed by atoms with Gasteiger partial charge < -0.3 is 10.1 Å². The van der Waals surface area contributed by atoms with E-state index in [-0.39, 0.29) is 5.54 Å². The van der Waals surface area contributed by atoms with E-state index < -0.39 is 9.84 Å². The van der Waals surface area contributed by atoms with Crippen molar-refractivity contribution in [3.8, 4) is 0 Å². The summed E-state index contributed by atoms with van der Waals surface area (Å²) in [5, 5.41) is 3.45. The van der Waals surface area contributed by atoms with Crippen molar-refractivity contribution in [2.24, 2.45) is 5.92 Å². The van der Waals surface area contributed by atoms with Gasteiger partial charge in [0.15, 0.2) is 9.84 Å². The van der Waals surface area contributed by atoms with Crippen molar-refractivity contribution in [3.05, 3.63) is 0 Å². The van der Waals surface area contributed by atoms with Crippen LogP contribution < -0.4 is 5.32 Å². The second kappa shape index (κ2) is 4.63. The zero-order valence-corrected chi connectivity index (χ0v) is 10.7. The molecule has 5 heteroatoms. The summed E-state index contributed by atoms with van der Waals surface area (Å²) in [6, 6.07) is 0. The highest BCUT2D eigenvalue weighted by Gasteiger charge is 2.38. The minimum absolute atomic E-state index is 0.197. The second-order valence-electron chi connectivity index (χ2n) is 5.34. The van der Waals surface area contributed by atoms with Gasteiger partial charge in [0.1, 0.15) is 0 Å². The fourth-order valence-electron chi connectivity index (χ4n) is 2.49. The van der Waals surface area contributed by atoms with Crippen LogP contribution in [0.15, 0.2) is 0 Å². The number of rotatable bonds is 3. The predicted molar refractivity (Wildman–Crippen MR) is 63.2 cm³/mol. The Balaban J connectivity index is 1.81. The first-order valence-electron chi connectivity index (χ1n) is 6.02. The number of hydrogen-bond donors (Lipinski definition) is 1. The Hall–Kier alpha value is -0.130. The summed E-state index contributed by atoms with van der Waals surface area (Å²) < 4.78 is 28.2. The molecule has 1 atom stereocenters. The molecule has 2 fully saturated rings. The van der Waals surface area contributed by atoms with Crippen molar-refractivity contribution in [2.75, 3.05) is 31.3 Å². The Bertz CT molecular complexity index is 335. The van der Waals surface area contributed by atoms with Gasteiger partial charge in [-0.2, -0.15) is 0 Å². The Labute approximate surface area is 97.7 Å². The molecule has 4 nitrogen and oxygen atoms in total. The maximum atomic E-state index is 11.4. The maximum Gasteiger partial charge on any atom is 0.152 e. The molecule has 16 heavy (non-hydrogen) atoms. The lowest BCUT2D eigenvalue weighted by Gasteiger charge is -2.29. The lowest BCUT2D eigenvalue weighted by molar-refractivity contribution is 0.0642. The molecule has 2 rings (SSSR count). The Morgan fingerprint density at radius 2 is 2.06 bits per heavy atom. The Morgan fingerprint density at radius 1 is 1.38 bits per heavy atom. The topological polar surface area (TPSA) is 55.4 Å². The van der Waals surface area contributed by atoms with Crippen molar-refractivity contribution in [1.29, 1.82) is 0 Å². The van der Waals surface area contributed by atoms with E-state index in [0.29, 0.717) is 17.4 Å². The van der Waals surface area contributed by atoms with Crippen LogP contribution in [0.2, 0.25) is 0 Å². The van der Waals surface area contributed by atoms with Gasteiger partial charge in [0.25, 0.3) is 0 Å².